The number of Topliss-reactive ketones (excluding diaryl/α,β-unsaturated/α-hetero) is 2. The van der Waals surface area contributed by atoms with Crippen molar-refractivity contribution < 1.29 is 39.6 Å². The van der Waals surface area contributed by atoms with Gasteiger partial charge in [-0.25, -0.2) is 0 Å². The molecule has 0 aliphatic heterocycles. The number of amides is 2. The summed E-state index contributed by atoms with van der Waals surface area (Å²) in [5.74, 6) is -7.46. The van der Waals surface area contributed by atoms with Gasteiger partial charge < -0.3 is 36.4 Å². The van der Waals surface area contributed by atoms with Crippen LogP contribution in [0.25, 0.3) is 5.76 Å². The molecule has 232 valence electrons. The van der Waals surface area contributed by atoms with Crippen LogP contribution in [0.1, 0.15) is 28.7 Å². The molecule has 1 unspecified atom stereocenters. The number of aromatic hydroxyl groups is 1. The first-order chi connectivity index (χ1) is 20.7. The molecule has 1 saturated carbocycles. The third kappa shape index (κ3) is 4.68. The van der Waals surface area contributed by atoms with Gasteiger partial charge in [0.25, 0.3) is 5.91 Å². The van der Waals surface area contributed by atoms with Gasteiger partial charge in [-0.15, -0.1) is 0 Å². The van der Waals surface area contributed by atoms with E-state index in [-0.39, 0.29) is 54.2 Å². The van der Waals surface area contributed by atoms with Crippen molar-refractivity contribution in [3.05, 3.63) is 69.8 Å². The summed E-state index contributed by atoms with van der Waals surface area (Å²) >= 11 is 0. The largest absolute Gasteiger partial charge is 0.508 e. The molecule has 13 nitrogen and oxygen atoms in total. The van der Waals surface area contributed by atoms with E-state index < -0.39 is 58.0 Å². The average Bonchev–Trinajstić information content (AvgIpc) is 2.94. The number of hydrogen-bond donors (Lipinski definition) is 6. The van der Waals surface area contributed by atoms with Crippen molar-refractivity contribution in [2.24, 2.45) is 17.6 Å². The number of pyridine rings is 1. The number of primary amides is 1. The number of aliphatic hydroxyl groups is 3. The van der Waals surface area contributed by atoms with Crippen LogP contribution in [-0.2, 0) is 38.6 Å². The Bertz CT molecular complexity index is 1650. The van der Waals surface area contributed by atoms with Gasteiger partial charge in [0.2, 0.25) is 11.7 Å². The van der Waals surface area contributed by atoms with Crippen LogP contribution in [0.5, 0.6) is 5.75 Å². The first-order valence-electron chi connectivity index (χ1n) is 14.0. The smallest absolute Gasteiger partial charge is 0.255 e. The number of nitrogens with one attached hydrogen (secondary N) is 1. The van der Waals surface area contributed by atoms with Gasteiger partial charge in [0, 0.05) is 55.8 Å². The van der Waals surface area contributed by atoms with E-state index >= 15 is 0 Å². The molecule has 44 heavy (non-hydrogen) atoms. The zero-order valence-electron chi connectivity index (χ0n) is 24.8. The van der Waals surface area contributed by atoms with Crippen molar-refractivity contribution in [3.8, 4) is 5.75 Å². The minimum Gasteiger partial charge on any atom is -0.508 e. The maximum Gasteiger partial charge on any atom is 0.255 e. The summed E-state index contributed by atoms with van der Waals surface area (Å²) < 4.78 is 0. The first kappa shape index (κ1) is 30.7. The molecule has 0 saturated heterocycles. The summed E-state index contributed by atoms with van der Waals surface area (Å²) in [6.45, 7) is -0.0941. The zero-order valence-corrected chi connectivity index (χ0v) is 24.8. The standard InChI is InChI=1S/C31H35N5O8/c1-35(2)19-11-16(13-34-20(37)8-14-6-5-7-33-12-14)25(38)22-17(19)9-15-10-18-24(36(3)4)27(40)23(30(32)43)29(42)31(18,44)28(41)21(15)26(22)39/h5-7,11-12,15,18,24,38-39,42,44H,8-10,13H2,1-4H3,(H2,32,43)(H,34,37)/t15-,18-,24?,31-/m0/s1. The van der Waals surface area contributed by atoms with Gasteiger partial charge in [0.05, 0.1) is 18.0 Å². The van der Waals surface area contributed by atoms with Crippen LogP contribution in [0.2, 0.25) is 0 Å². The number of anilines is 1. The fraction of sp³-hybridized carbons (Fsp3) is 0.387. The number of aromatic nitrogens is 1. The number of phenols is 1. The summed E-state index contributed by atoms with van der Waals surface area (Å²) in [6, 6.07) is 4.01. The molecule has 2 aromatic rings. The Hall–Kier alpha value is -4.75. The van der Waals surface area contributed by atoms with E-state index in [2.05, 4.69) is 10.3 Å². The van der Waals surface area contributed by atoms with Crippen molar-refractivity contribution in [1.29, 1.82) is 0 Å². The fourth-order valence-corrected chi connectivity index (χ4v) is 6.82. The number of rotatable bonds is 7. The number of benzene rings is 1. The molecule has 0 radical (unpaired) electrons. The van der Waals surface area contributed by atoms with Gasteiger partial charge in [-0.1, -0.05) is 6.07 Å². The predicted octanol–water partition coefficient (Wildman–Crippen LogP) is 0.284. The Morgan fingerprint density at radius 2 is 1.86 bits per heavy atom. The molecule has 1 fully saturated rings. The van der Waals surface area contributed by atoms with Crippen LogP contribution in [0.4, 0.5) is 5.69 Å². The molecular formula is C31H35N5O8. The highest BCUT2D eigenvalue weighted by Gasteiger charge is 2.64. The molecule has 0 spiro atoms. The van der Waals surface area contributed by atoms with Crippen LogP contribution in [-0.4, -0.2) is 93.5 Å². The van der Waals surface area contributed by atoms with Crippen molar-refractivity contribution in [2.75, 3.05) is 33.1 Å². The first-order valence-corrected chi connectivity index (χ1v) is 14.0. The molecule has 13 heteroatoms. The quantitative estimate of drug-likeness (QED) is 0.236. The number of ketones is 2. The second kappa shape index (κ2) is 11.1. The van der Waals surface area contributed by atoms with Crippen molar-refractivity contribution >= 4 is 34.8 Å². The van der Waals surface area contributed by atoms with Crippen molar-refractivity contribution in [2.45, 2.75) is 37.5 Å². The lowest BCUT2D eigenvalue weighted by atomic mass is 9.57. The summed E-state index contributed by atoms with van der Waals surface area (Å²) in [4.78, 5) is 59.4. The summed E-state index contributed by atoms with van der Waals surface area (Å²) in [7, 11) is 6.64. The molecule has 3 aliphatic rings. The SMILES string of the molecule is CN(C)c1cc(CNC(=O)Cc2cccnc2)c(O)c2c1C[C@H]1C[C@H]3C(N(C)C)C(=O)C(C(N)=O)=C(O)[C@@]3(O)C(=O)C1=C2O. The summed E-state index contributed by atoms with van der Waals surface area (Å²) in [5, 5.41) is 48.6. The van der Waals surface area contributed by atoms with Crippen LogP contribution in [0.15, 0.2) is 47.5 Å². The van der Waals surface area contributed by atoms with Crippen molar-refractivity contribution in [3.63, 3.8) is 0 Å². The van der Waals surface area contributed by atoms with Gasteiger partial charge in [0.15, 0.2) is 11.4 Å². The second-order valence-corrected chi connectivity index (χ2v) is 11.9. The third-order valence-corrected chi connectivity index (χ3v) is 8.82. The normalized spacial score (nSPS) is 24.5. The minimum absolute atomic E-state index is 0.00839. The highest BCUT2D eigenvalue weighted by Crippen LogP contribution is 2.54. The van der Waals surface area contributed by atoms with E-state index in [1.54, 1.807) is 63.7 Å². The number of fused-ring (bicyclic) bond motifs is 3. The van der Waals surface area contributed by atoms with Gasteiger partial charge in [0.1, 0.15) is 22.8 Å². The minimum atomic E-state index is -2.72. The number of nitrogens with zero attached hydrogens (tertiary/aromatic N) is 3. The molecule has 1 aromatic carbocycles. The fourth-order valence-electron chi connectivity index (χ4n) is 6.82. The van der Waals surface area contributed by atoms with Gasteiger partial charge in [-0.05, 0) is 56.1 Å². The predicted molar refractivity (Wildman–Crippen MR) is 158 cm³/mol. The molecule has 2 amide bonds. The molecule has 7 N–H and O–H groups in total. The Balaban J connectivity index is 1.59. The molecule has 0 bridgehead atoms. The lowest BCUT2D eigenvalue weighted by molar-refractivity contribution is -0.153. The summed E-state index contributed by atoms with van der Waals surface area (Å²) in [6.07, 6.45) is 3.38. The Labute approximate surface area is 253 Å². The lowest BCUT2D eigenvalue weighted by Gasteiger charge is -2.50. The van der Waals surface area contributed by atoms with Crippen LogP contribution < -0.4 is 16.0 Å². The van der Waals surface area contributed by atoms with E-state index in [0.717, 1.165) is 0 Å². The monoisotopic (exact) mass is 605 g/mol. The van der Waals surface area contributed by atoms with E-state index in [0.29, 0.717) is 16.8 Å². The Morgan fingerprint density at radius 3 is 2.45 bits per heavy atom. The van der Waals surface area contributed by atoms with E-state index in [1.807, 2.05) is 0 Å². The van der Waals surface area contributed by atoms with Gasteiger partial charge in [-0.3, -0.25) is 29.1 Å². The molecule has 1 aromatic heterocycles. The third-order valence-electron chi connectivity index (χ3n) is 8.82. The van der Waals surface area contributed by atoms with Gasteiger partial charge >= 0.3 is 0 Å². The number of carbonyl (C=O) groups is 4. The van der Waals surface area contributed by atoms with E-state index in [4.69, 9.17) is 5.73 Å². The van der Waals surface area contributed by atoms with Gasteiger partial charge in [-0.2, -0.15) is 0 Å². The molecule has 4 atom stereocenters. The van der Waals surface area contributed by atoms with Crippen LogP contribution in [0, 0.1) is 11.8 Å². The number of aliphatic hydroxyl groups excluding tert-OH is 2. The number of carbonyl (C=O) groups excluding carboxylic acids is 4. The topological polar surface area (TPSA) is 207 Å². The van der Waals surface area contributed by atoms with Crippen molar-refractivity contribution in [1.82, 2.24) is 15.2 Å². The number of likely N-dealkylation sites (N-methyl/N-ethyl adjacent to an activating group) is 1. The number of phenolic OH excluding ortho intramolecular Hbond substituents is 1. The average molecular weight is 606 g/mol. The molecule has 3 aliphatic carbocycles. The van der Waals surface area contributed by atoms with E-state index in [1.165, 1.54) is 4.90 Å². The zero-order chi connectivity index (χ0) is 32.2. The maximum absolute atomic E-state index is 14.1. The lowest BCUT2D eigenvalue weighted by Crippen LogP contribution is -2.65. The summed E-state index contributed by atoms with van der Waals surface area (Å²) in [5.41, 5.74) is 3.64. The second-order valence-electron chi connectivity index (χ2n) is 11.9. The Morgan fingerprint density at radius 1 is 1.16 bits per heavy atom. The number of nitrogens with two attached hydrogens (primary N) is 1. The van der Waals surface area contributed by atoms with Crippen LogP contribution in [0.3, 0.4) is 0 Å². The van der Waals surface area contributed by atoms with E-state index in [9.17, 15) is 39.6 Å². The van der Waals surface area contributed by atoms with Crippen LogP contribution >= 0.6 is 0 Å². The molecular weight excluding hydrogens is 570 g/mol. The Kier molecular flexibility index (Phi) is 7.72. The highest BCUT2D eigenvalue weighted by molar-refractivity contribution is 6.24. The number of hydrogen-bond acceptors (Lipinski definition) is 11. The highest BCUT2D eigenvalue weighted by atomic mass is 16.3. The molecule has 5 rings (SSSR count). The maximum atomic E-state index is 14.1. The molecule has 1 heterocycles.